The van der Waals surface area contributed by atoms with E-state index in [4.69, 9.17) is 5.21 Å². The Morgan fingerprint density at radius 3 is 2.60 bits per heavy atom. The first-order valence-corrected chi connectivity index (χ1v) is 10.9. The molecule has 0 saturated carbocycles. The molecule has 0 spiro atoms. The number of halogens is 1. The molecular formula is C20H20FN3O5S. The minimum atomic E-state index is -3.88. The molecule has 1 aromatic heterocycles. The molecule has 1 unspecified atom stereocenters. The summed E-state index contributed by atoms with van der Waals surface area (Å²) in [5, 5.41) is 9.16. The second-order valence-electron chi connectivity index (χ2n) is 7.15. The highest BCUT2D eigenvalue weighted by Gasteiger charge is 2.43. The van der Waals surface area contributed by atoms with Crippen LogP contribution in [0.4, 0.5) is 4.39 Å². The van der Waals surface area contributed by atoms with Crippen molar-refractivity contribution in [3.63, 3.8) is 0 Å². The predicted molar refractivity (Wildman–Crippen MR) is 109 cm³/mol. The van der Waals surface area contributed by atoms with Gasteiger partial charge in [-0.15, -0.1) is 0 Å². The Balaban J connectivity index is 1.96. The summed E-state index contributed by atoms with van der Waals surface area (Å²) in [4.78, 5) is 29.0. The van der Waals surface area contributed by atoms with E-state index in [-0.39, 0.29) is 18.4 Å². The van der Waals surface area contributed by atoms with Gasteiger partial charge in [0, 0.05) is 18.4 Å². The van der Waals surface area contributed by atoms with Gasteiger partial charge in [0.2, 0.25) is 0 Å². The number of hydroxylamine groups is 1. The van der Waals surface area contributed by atoms with Crippen LogP contribution in [0.2, 0.25) is 0 Å². The predicted octanol–water partition coefficient (Wildman–Crippen LogP) is 1.90. The molecule has 1 heterocycles. The van der Waals surface area contributed by atoms with Gasteiger partial charge in [0.15, 0.2) is 14.6 Å². The van der Waals surface area contributed by atoms with Crippen molar-refractivity contribution in [3.05, 3.63) is 65.0 Å². The highest BCUT2D eigenvalue weighted by atomic mass is 32.2. The Morgan fingerprint density at radius 1 is 1.27 bits per heavy atom. The van der Waals surface area contributed by atoms with Crippen LogP contribution in [0.1, 0.15) is 13.3 Å². The number of nitrogens with one attached hydrogen (secondary N) is 1. The summed E-state index contributed by atoms with van der Waals surface area (Å²) in [5.74, 6) is -1.48. The van der Waals surface area contributed by atoms with Crippen molar-refractivity contribution in [2.24, 2.45) is 0 Å². The van der Waals surface area contributed by atoms with Crippen LogP contribution in [0.3, 0.4) is 0 Å². The molecule has 10 heteroatoms. The maximum Gasteiger partial charge on any atom is 0.264 e. The van der Waals surface area contributed by atoms with Crippen LogP contribution in [0, 0.1) is 5.82 Å². The topological polar surface area (TPSA) is 118 Å². The summed E-state index contributed by atoms with van der Waals surface area (Å²) in [6, 6.07) is 11.0. The Morgan fingerprint density at radius 2 is 1.97 bits per heavy atom. The van der Waals surface area contributed by atoms with Gasteiger partial charge in [-0.3, -0.25) is 19.4 Å². The van der Waals surface area contributed by atoms with Crippen molar-refractivity contribution < 1.29 is 22.8 Å². The highest BCUT2D eigenvalue weighted by molar-refractivity contribution is 7.92. The molecule has 2 N–H and O–H groups in total. The van der Waals surface area contributed by atoms with Crippen LogP contribution in [-0.4, -0.2) is 40.1 Å². The van der Waals surface area contributed by atoms with Crippen LogP contribution in [0.15, 0.2) is 53.6 Å². The van der Waals surface area contributed by atoms with Gasteiger partial charge in [-0.25, -0.2) is 23.3 Å². The van der Waals surface area contributed by atoms with Crippen LogP contribution in [-0.2, 0) is 21.2 Å². The third kappa shape index (κ3) is 3.83. The van der Waals surface area contributed by atoms with Gasteiger partial charge in [0.25, 0.3) is 11.5 Å². The van der Waals surface area contributed by atoms with Crippen molar-refractivity contribution in [3.8, 4) is 11.1 Å². The SMILES string of the molecule is CC(CCn1cnc2cc(-c3ccccc3F)ccc2c1=O)(C(=O)NO)S(C)(=O)=O. The van der Waals surface area contributed by atoms with E-state index in [1.54, 1.807) is 30.3 Å². The second-order valence-corrected chi connectivity index (χ2v) is 9.59. The molecule has 0 bridgehead atoms. The van der Waals surface area contributed by atoms with E-state index in [1.165, 1.54) is 35.4 Å². The normalized spacial score (nSPS) is 13.7. The molecule has 3 aromatic rings. The number of hydrogen-bond donors (Lipinski definition) is 2. The van der Waals surface area contributed by atoms with E-state index >= 15 is 0 Å². The molecule has 0 saturated heterocycles. The molecule has 1 amide bonds. The monoisotopic (exact) mass is 433 g/mol. The number of benzene rings is 2. The number of carbonyl (C=O) groups is 1. The van der Waals surface area contributed by atoms with Crippen molar-refractivity contribution in [2.45, 2.75) is 24.6 Å². The van der Waals surface area contributed by atoms with E-state index < -0.39 is 31.9 Å². The number of aromatic nitrogens is 2. The Hall–Kier alpha value is -3.11. The van der Waals surface area contributed by atoms with Gasteiger partial charge in [-0.1, -0.05) is 24.3 Å². The maximum absolute atomic E-state index is 14.0. The van der Waals surface area contributed by atoms with Crippen molar-refractivity contribution in [2.75, 3.05) is 6.26 Å². The maximum atomic E-state index is 14.0. The lowest BCUT2D eigenvalue weighted by Gasteiger charge is -2.25. The fraction of sp³-hybridized carbons (Fsp3) is 0.250. The minimum Gasteiger partial charge on any atom is -0.299 e. The minimum absolute atomic E-state index is 0.117. The number of hydrogen-bond acceptors (Lipinski definition) is 6. The molecule has 158 valence electrons. The second kappa shape index (κ2) is 7.96. The van der Waals surface area contributed by atoms with E-state index in [9.17, 15) is 22.4 Å². The van der Waals surface area contributed by atoms with E-state index in [0.29, 0.717) is 16.6 Å². The summed E-state index contributed by atoms with van der Waals surface area (Å²) in [5.41, 5.74) is 2.24. The molecular weight excluding hydrogens is 413 g/mol. The Kier molecular flexibility index (Phi) is 5.73. The molecule has 1 atom stereocenters. The molecule has 0 radical (unpaired) electrons. The molecule has 0 aliphatic carbocycles. The lowest BCUT2D eigenvalue weighted by Crippen LogP contribution is -2.50. The summed E-state index contributed by atoms with van der Waals surface area (Å²) in [7, 11) is -3.88. The number of sulfone groups is 1. The van der Waals surface area contributed by atoms with Gasteiger partial charge in [-0.2, -0.15) is 0 Å². The fourth-order valence-corrected chi connectivity index (χ4v) is 3.94. The van der Waals surface area contributed by atoms with E-state index in [2.05, 4.69) is 4.98 Å². The van der Waals surface area contributed by atoms with Gasteiger partial charge in [-0.05, 0) is 37.1 Å². The zero-order chi connectivity index (χ0) is 22.1. The summed E-state index contributed by atoms with van der Waals surface area (Å²) in [6.45, 7) is 1.06. The van der Waals surface area contributed by atoms with Crippen molar-refractivity contribution in [1.82, 2.24) is 15.0 Å². The first-order valence-electron chi connectivity index (χ1n) is 8.97. The van der Waals surface area contributed by atoms with E-state index in [1.807, 2.05) is 0 Å². The van der Waals surface area contributed by atoms with Crippen LogP contribution in [0.5, 0.6) is 0 Å². The van der Waals surface area contributed by atoms with Gasteiger partial charge < -0.3 is 0 Å². The van der Waals surface area contributed by atoms with Crippen molar-refractivity contribution >= 4 is 26.6 Å². The fourth-order valence-electron chi connectivity index (χ4n) is 3.10. The third-order valence-corrected chi connectivity index (χ3v) is 7.27. The number of fused-ring (bicyclic) bond motifs is 1. The third-order valence-electron chi connectivity index (χ3n) is 5.24. The van der Waals surface area contributed by atoms with E-state index in [0.717, 1.165) is 6.26 Å². The average Bonchev–Trinajstić information content (AvgIpc) is 2.71. The summed E-state index contributed by atoms with van der Waals surface area (Å²) >= 11 is 0. The first-order chi connectivity index (χ1) is 14.1. The molecule has 30 heavy (non-hydrogen) atoms. The molecule has 0 aliphatic heterocycles. The smallest absolute Gasteiger partial charge is 0.264 e. The standard InChI is InChI=1S/C20H20FN3O5S/c1-20(19(26)23-27,30(2,28)29)9-10-24-12-22-17-11-13(7-8-15(17)18(24)25)14-5-3-4-6-16(14)21/h3-8,11-12,27H,9-10H2,1-2H3,(H,23,26). The number of nitrogens with zero attached hydrogens (tertiary/aromatic N) is 2. The first kappa shape index (κ1) is 21.6. The molecule has 8 nitrogen and oxygen atoms in total. The lowest BCUT2D eigenvalue weighted by atomic mass is 10.0. The number of carbonyl (C=O) groups excluding carboxylic acids is 1. The van der Waals surface area contributed by atoms with Gasteiger partial charge in [0.1, 0.15) is 5.82 Å². The van der Waals surface area contributed by atoms with Gasteiger partial charge in [0.05, 0.1) is 17.2 Å². The molecule has 2 aromatic carbocycles. The van der Waals surface area contributed by atoms with Crippen molar-refractivity contribution in [1.29, 1.82) is 0 Å². The molecule has 3 rings (SSSR count). The van der Waals surface area contributed by atoms with Crippen LogP contribution < -0.4 is 11.0 Å². The highest BCUT2D eigenvalue weighted by Crippen LogP contribution is 2.25. The summed E-state index contributed by atoms with van der Waals surface area (Å²) in [6.07, 6.45) is 1.88. The Labute approximate surface area is 171 Å². The Bertz CT molecular complexity index is 1290. The van der Waals surface area contributed by atoms with Gasteiger partial charge >= 0.3 is 0 Å². The number of amides is 1. The zero-order valence-corrected chi connectivity index (χ0v) is 17.1. The van der Waals surface area contributed by atoms with Crippen LogP contribution in [0.25, 0.3) is 22.0 Å². The largest absolute Gasteiger partial charge is 0.299 e. The van der Waals surface area contributed by atoms with Crippen LogP contribution >= 0.6 is 0 Å². The summed E-state index contributed by atoms with van der Waals surface area (Å²) < 4.78 is 37.4. The molecule has 0 fully saturated rings. The number of aryl methyl sites for hydroxylation is 1. The lowest BCUT2D eigenvalue weighted by molar-refractivity contribution is -0.131. The average molecular weight is 433 g/mol. The number of rotatable bonds is 6. The molecule has 0 aliphatic rings. The quantitative estimate of drug-likeness (QED) is 0.453. The zero-order valence-electron chi connectivity index (χ0n) is 16.3.